The number of carbonyl (C=O) groups excluding carboxylic acids is 3. The van der Waals surface area contributed by atoms with Crippen LogP contribution in [-0.4, -0.2) is 39.7 Å². The summed E-state index contributed by atoms with van der Waals surface area (Å²) in [5.41, 5.74) is 4.04. The number of rotatable bonds is 10. The molecular formula is C36H38N4O5. The van der Waals surface area contributed by atoms with Gasteiger partial charge < -0.3 is 24.7 Å². The number of benzene rings is 3. The van der Waals surface area contributed by atoms with E-state index in [2.05, 4.69) is 27.8 Å². The molecule has 232 valence electrons. The highest BCUT2D eigenvalue weighted by Crippen LogP contribution is 2.37. The number of piperazine rings is 1. The second-order valence-corrected chi connectivity index (χ2v) is 12.0. The van der Waals surface area contributed by atoms with E-state index in [0.717, 1.165) is 5.56 Å². The fourth-order valence-electron chi connectivity index (χ4n) is 6.46. The van der Waals surface area contributed by atoms with Gasteiger partial charge in [0.25, 0.3) is 5.91 Å². The van der Waals surface area contributed by atoms with E-state index in [4.69, 9.17) is 9.15 Å². The highest BCUT2D eigenvalue weighted by atomic mass is 16.5. The lowest BCUT2D eigenvalue weighted by molar-refractivity contribution is -0.158. The van der Waals surface area contributed by atoms with E-state index in [9.17, 15) is 14.4 Å². The summed E-state index contributed by atoms with van der Waals surface area (Å²) in [6, 6.07) is 22.1. The predicted octanol–water partition coefficient (Wildman–Crippen LogP) is 5.40. The highest BCUT2D eigenvalue weighted by molar-refractivity contribution is 6.03. The average Bonchev–Trinajstić information content (AvgIpc) is 3.68. The van der Waals surface area contributed by atoms with Gasteiger partial charge in [-0.2, -0.15) is 0 Å². The number of nitrogens with zero attached hydrogens (tertiary/aromatic N) is 2. The smallest absolute Gasteiger partial charge is 0.253 e. The molecule has 6 rings (SSSR count). The van der Waals surface area contributed by atoms with Crippen molar-refractivity contribution in [1.29, 1.82) is 0 Å². The van der Waals surface area contributed by atoms with Crippen LogP contribution in [0.2, 0.25) is 0 Å². The lowest BCUT2D eigenvalue weighted by Crippen LogP contribution is -2.68. The van der Waals surface area contributed by atoms with Gasteiger partial charge >= 0.3 is 0 Å². The Bertz CT molecular complexity index is 1660. The number of nitrogens with one attached hydrogen (secondary N) is 2. The summed E-state index contributed by atoms with van der Waals surface area (Å²) >= 11 is 0. The van der Waals surface area contributed by atoms with Crippen LogP contribution in [0.3, 0.4) is 0 Å². The number of aryl methyl sites for hydroxylation is 1. The number of amides is 3. The molecule has 1 aromatic heterocycles. The van der Waals surface area contributed by atoms with Gasteiger partial charge in [-0.15, -0.1) is 0 Å². The van der Waals surface area contributed by atoms with Gasteiger partial charge in [0.2, 0.25) is 11.8 Å². The van der Waals surface area contributed by atoms with Crippen LogP contribution in [0.15, 0.2) is 89.5 Å². The van der Waals surface area contributed by atoms with Crippen molar-refractivity contribution in [2.24, 2.45) is 11.8 Å². The second-order valence-electron chi connectivity index (χ2n) is 12.0. The fourth-order valence-corrected chi connectivity index (χ4v) is 6.46. The SMILES string of the molecule is CC[C@H](C)[C@@H]1C(=O)N[C@H](C2Cc3ccccc3C2)C(=O)N1[C@@H](C(=O)Nc1ccccc1OCc1ccccc1)c1coc(C)n1. The quantitative estimate of drug-likeness (QED) is 0.250. The molecule has 4 atom stereocenters. The Morgan fingerprint density at radius 2 is 1.69 bits per heavy atom. The first-order valence-electron chi connectivity index (χ1n) is 15.5. The lowest BCUT2D eigenvalue weighted by Gasteiger charge is -2.45. The Hall–Kier alpha value is -4.92. The molecule has 0 spiro atoms. The molecule has 2 N–H and O–H groups in total. The van der Waals surface area contributed by atoms with E-state index in [1.165, 1.54) is 22.3 Å². The number of oxazole rings is 1. The zero-order valence-corrected chi connectivity index (χ0v) is 25.7. The van der Waals surface area contributed by atoms with Crippen LogP contribution < -0.4 is 15.4 Å². The molecule has 0 bridgehead atoms. The lowest BCUT2D eigenvalue weighted by atomic mass is 9.86. The molecule has 45 heavy (non-hydrogen) atoms. The van der Waals surface area contributed by atoms with E-state index in [0.29, 0.717) is 43.2 Å². The van der Waals surface area contributed by atoms with Crippen molar-refractivity contribution in [1.82, 2.24) is 15.2 Å². The standard InChI is InChI=1S/C36H38N4O5/c1-4-22(2)32-34(41)39-31(27-18-25-14-8-9-15-26(25)19-27)36(43)40(32)33(29-21-44-23(3)37-29)35(42)38-28-16-10-11-17-30(28)45-20-24-12-6-5-7-13-24/h5-17,21-22,27,31-33H,4,18-20H2,1-3H3,(H,38,42)(H,39,41)/t22-,31+,32+,33+/m0/s1. The molecule has 0 unspecified atom stereocenters. The summed E-state index contributed by atoms with van der Waals surface area (Å²) in [5.74, 6) is -0.598. The number of fused-ring (bicyclic) bond motifs is 1. The number of anilines is 1. The molecule has 1 aliphatic heterocycles. The zero-order chi connectivity index (χ0) is 31.5. The van der Waals surface area contributed by atoms with Gasteiger partial charge in [-0.05, 0) is 53.5 Å². The summed E-state index contributed by atoms with van der Waals surface area (Å²) in [6.45, 7) is 5.88. The Balaban J connectivity index is 1.34. The van der Waals surface area contributed by atoms with Crippen LogP contribution >= 0.6 is 0 Å². The minimum Gasteiger partial charge on any atom is -0.487 e. The van der Waals surface area contributed by atoms with E-state index in [-0.39, 0.29) is 29.3 Å². The molecule has 0 saturated carbocycles. The van der Waals surface area contributed by atoms with Crippen molar-refractivity contribution in [2.45, 2.75) is 64.8 Å². The Kier molecular flexibility index (Phi) is 8.69. The molecule has 3 amide bonds. The molecule has 3 aromatic carbocycles. The minimum absolute atomic E-state index is 0.130. The highest BCUT2D eigenvalue weighted by Gasteiger charge is 2.51. The van der Waals surface area contributed by atoms with Crippen molar-refractivity contribution in [2.75, 3.05) is 5.32 Å². The third kappa shape index (κ3) is 6.20. The van der Waals surface area contributed by atoms with Gasteiger partial charge in [-0.3, -0.25) is 14.4 Å². The maximum Gasteiger partial charge on any atom is 0.253 e. The van der Waals surface area contributed by atoms with Gasteiger partial charge in [-0.1, -0.05) is 87.0 Å². The molecule has 0 radical (unpaired) electrons. The third-order valence-corrected chi connectivity index (χ3v) is 8.95. The minimum atomic E-state index is -1.21. The van der Waals surface area contributed by atoms with Gasteiger partial charge in [0.15, 0.2) is 11.9 Å². The first-order valence-corrected chi connectivity index (χ1v) is 15.5. The van der Waals surface area contributed by atoms with E-state index >= 15 is 0 Å². The van der Waals surface area contributed by atoms with Gasteiger partial charge in [-0.25, -0.2) is 4.98 Å². The number of ether oxygens (including phenoxy) is 1. The normalized spacial score (nSPS) is 19.5. The molecule has 9 nitrogen and oxygen atoms in total. The Morgan fingerprint density at radius 3 is 2.36 bits per heavy atom. The van der Waals surface area contributed by atoms with Crippen molar-refractivity contribution in [3.8, 4) is 5.75 Å². The van der Waals surface area contributed by atoms with E-state index in [1.54, 1.807) is 25.1 Å². The number of para-hydroxylation sites is 2. The molecule has 1 saturated heterocycles. The maximum absolute atomic E-state index is 14.6. The number of aromatic nitrogens is 1. The zero-order valence-electron chi connectivity index (χ0n) is 25.7. The van der Waals surface area contributed by atoms with Crippen LogP contribution in [-0.2, 0) is 33.8 Å². The fraction of sp³-hybridized carbons (Fsp3) is 0.333. The van der Waals surface area contributed by atoms with Gasteiger partial charge in [0, 0.05) is 6.92 Å². The maximum atomic E-state index is 14.6. The summed E-state index contributed by atoms with van der Waals surface area (Å²) < 4.78 is 11.6. The van der Waals surface area contributed by atoms with Crippen molar-refractivity contribution >= 4 is 23.4 Å². The summed E-state index contributed by atoms with van der Waals surface area (Å²) in [6.07, 6.45) is 3.36. The molecule has 1 aliphatic carbocycles. The topological polar surface area (TPSA) is 114 Å². The van der Waals surface area contributed by atoms with Crippen LogP contribution in [0, 0.1) is 18.8 Å². The molecule has 4 aromatic rings. The molecule has 9 heteroatoms. The first-order chi connectivity index (χ1) is 21.8. The predicted molar refractivity (Wildman–Crippen MR) is 169 cm³/mol. The van der Waals surface area contributed by atoms with Crippen molar-refractivity contribution < 1.29 is 23.5 Å². The molecule has 2 heterocycles. The summed E-state index contributed by atoms with van der Waals surface area (Å²) in [7, 11) is 0. The van der Waals surface area contributed by atoms with E-state index < -0.39 is 24.0 Å². The summed E-state index contributed by atoms with van der Waals surface area (Å²) in [5, 5.41) is 6.05. The van der Waals surface area contributed by atoms with Crippen LogP contribution in [0.1, 0.15) is 54.6 Å². The number of hydrogen-bond acceptors (Lipinski definition) is 6. The number of hydrogen-bond donors (Lipinski definition) is 2. The molecule has 2 aliphatic rings. The number of carbonyl (C=O) groups is 3. The second kappa shape index (κ2) is 13.0. The molecular weight excluding hydrogens is 568 g/mol. The first kappa shape index (κ1) is 30.1. The largest absolute Gasteiger partial charge is 0.487 e. The monoisotopic (exact) mass is 606 g/mol. The van der Waals surface area contributed by atoms with Crippen LogP contribution in [0.4, 0.5) is 5.69 Å². The molecule has 1 fully saturated rings. The van der Waals surface area contributed by atoms with Gasteiger partial charge in [0.1, 0.15) is 36.4 Å². The van der Waals surface area contributed by atoms with Crippen molar-refractivity contribution in [3.63, 3.8) is 0 Å². The third-order valence-electron chi connectivity index (χ3n) is 8.95. The average molecular weight is 607 g/mol. The van der Waals surface area contributed by atoms with Crippen molar-refractivity contribution in [3.05, 3.63) is 113 Å². The van der Waals surface area contributed by atoms with E-state index in [1.807, 2.05) is 62.4 Å². The Labute approximate surface area is 263 Å². The van der Waals surface area contributed by atoms with Crippen LogP contribution in [0.25, 0.3) is 0 Å². The van der Waals surface area contributed by atoms with Crippen LogP contribution in [0.5, 0.6) is 5.75 Å². The van der Waals surface area contributed by atoms with Gasteiger partial charge in [0.05, 0.1) is 5.69 Å². The Morgan fingerprint density at radius 1 is 1.02 bits per heavy atom. The summed E-state index contributed by atoms with van der Waals surface area (Å²) in [4.78, 5) is 48.8.